The molecule has 0 aliphatic heterocycles. The van der Waals surface area contributed by atoms with E-state index in [1.165, 1.54) is 43.4 Å². The number of thiocarbonyl (C=S) groups is 1. The zero-order valence-electron chi connectivity index (χ0n) is 12.0. The molecule has 0 radical (unpaired) electrons. The van der Waals surface area contributed by atoms with E-state index in [0.29, 0.717) is 4.99 Å². The molecule has 2 N–H and O–H groups in total. The van der Waals surface area contributed by atoms with Gasteiger partial charge in [-0.05, 0) is 49.9 Å². The summed E-state index contributed by atoms with van der Waals surface area (Å²) in [5.74, 6) is 0. The van der Waals surface area contributed by atoms with Gasteiger partial charge in [0, 0.05) is 18.2 Å². The maximum Gasteiger partial charge on any atom is 0.103 e. The summed E-state index contributed by atoms with van der Waals surface area (Å²) in [4.78, 5) is 3.12. The van der Waals surface area contributed by atoms with E-state index in [9.17, 15) is 0 Å². The van der Waals surface area contributed by atoms with Crippen LogP contribution >= 0.6 is 12.2 Å². The third kappa shape index (κ3) is 4.02. The number of hydrogen-bond acceptors (Lipinski definition) is 2. The summed E-state index contributed by atoms with van der Waals surface area (Å²) in [6.45, 7) is 6.70. The Labute approximate surface area is 122 Å². The molecule has 0 saturated heterocycles. The summed E-state index contributed by atoms with van der Waals surface area (Å²) >= 11 is 5.03. The van der Waals surface area contributed by atoms with Crippen molar-refractivity contribution < 1.29 is 0 Å². The van der Waals surface area contributed by atoms with Crippen LogP contribution in [0.3, 0.4) is 0 Å². The number of nitrogens with two attached hydrogens (primary N) is 1. The Morgan fingerprint density at radius 1 is 1.42 bits per heavy atom. The first-order chi connectivity index (χ1) is 9.11. The molecule has 104 valence electrons. The van der Waals surface area contributed by atoms with E-state index in [1.807, 2.05) is 0 Å². The lowest BCUT2D eigenvalue weighted by Gasteiger charge is -2.23. The first-order valence-electron chi connectivity index (χ1n) is 7.25. The maximum atomic E-state index is 5.68. The van der Waals surface area contributed by atoms with Gasteiger partial charge >= 0.3 is 0 Å². The molecule has 1 aromatic carbocycles. The number of benzene rings is 1. The van der Waals surface area contributed by atoms with Crippen LogP contribution < -0.4 is 5.73 Å². The topological polar surface area (TPSA) is 29.3 Å². The highest BCUT2D eigenvalue weighted by molar-refractivity contribution is 7.80. The molecule has 2 nitrogen and oxygen atoms in total. The average molecular weight is 276 g/mol. The number of hydrogen-bond donors (Lipinski definition) is 1. The molecule has 2 rings (SSSR count). The fourth-order valence-electron chi connectivity index (χ4n) is 2.44. The third-order valence-corrected chi connectivity index (χ3v) is 4.10. The van der Waals surface area contributed by atoms with E-state index in [2.05, 4.69) is 36.9 Å². The van der Waals surface area contributed by atoms with E-state index in [-0.39, 0.29) is 0 Å². The summed E-state index contributed by atoms with van der Waals surface area (Å²) < 4.78 is 0. The van der Waals surface area contributed by atoms with Crippen molar-refractivity contribution in [1.82, 2.24) is 4.90 Å². The predicted molar refractivity (Wildman–Crippen MR) is 85.4 cm³/mol. The van der Waals surface area contributed by atoms with Crippen LogP contribution in [0.4, 0.5) is 0 Å². The lowest BCUT2D eigenvalue weighted by Crippen LogP contribution is -2.27. The fourth-order valence-corrected chi connectivity index (χ4v) is 2.56. The Hall–Kier alpha value is -0.930. The van der Waals surface area contributed by atoms with E-state index in [1.54, 1.807) is 0 Å². The van der Waals surface area contributed by atoms with Crippen molar-refractivity contribution in [3.63, 3.8) is 0 Å². The molecule has 0 spiro atoms. The quantitative estimate of drug-likeness (QED) is 0.774. The fraction of sp³-hybridized carbons (Fsp3) is 0.562. The zero-order valence-corrected chi connectivity index (χ0v) is 12.8. The molecule has 0 amide bonds. The van der Waals surface area contributed by atoms with Crippen LogP contribution in [-0.4, -0.2) is 22.5 Å². The van der Waals surface area contributed by atoms with Gasteiger partial charge in [-0.1, -0.05) is 37.7 Å². The van der Waals surface area contributed by atoms with Gasteiger partial charge in [0.15, 0.2) is 0 Å². The second-order valence-corrected chi connectivity index (χ2v) is 6.00. The predicted octanol–water partition coefficient (Wildman–Crippen LogP) is 3.39. The van der Waals surface area contributed by atoms with E-state index >= 15 is 0 Å². The average Bonchev–Trinajstić information content (AvgIpc) is 3.20. The number of aryl methyl sites for hydroxylation is 1. The van der Waals surface area contributed by atoms with Crippen molar-refractivity contribution in [3.05, 3.63) is 34.9 Å². The largest absolute Gasteiger partial charge is 0.389 e. The van der Waals surface area contributed by atoms with Gasteiger partial charge in [0.1, 0.15) is 4.99 Å². The van der Waals surface area contributed by atoms with Gasteiger partial charge in [-0.25, -0.2) is 0 Å². The molecule has 1 aromatic rings. The summed E-state index contributed by atoms with van der Waals surface area (Å²) in [6, 6.07) is 7.17. The van der Waals surface area contributed by atoms with Gasteiger partial charge in [0.2, 0.25) is 0 Å². The molecule has 0 bridgehead atoms. The van der Waals surface area contributed by atoms with Gasteiger partial charge < -0.3 is 5.73 Å². The van der Waals surface area contributed by atoms with Crippen LogP contribution in [0.1, 0.15) is 49.3 Å². The standard InChI is InChI=1S/C16H24N2S/c1-3-4-9-18(15-7-8-15)11-14-6-5-13(16(17)19)10-12(14)2/h5-6,10,15H,3-4,7-9,11H2,1-2H3,(H2,17,19). The minimum atomic E-state index is 0.486. The monoisotopic (exact) mass is 276 g/mol. The molecular weight excluding hydrogens is 252 g/mol. The van der Waals surface area contributed by atoms with Crippen molar-refractivity contribution in [2.24, 2.45) is 5.73 Å². The molecule has 1 fully saturated rings. The highest BCUT2D eigenvalue weighted by atomic mass is 32.1. The number of rotatable bonds is 7. The summed E-state index contributed by atoms with van der Waals surface area (Å²) in [5, 5.41) is 0. The van der Waals surface area contributed by atoms with Gasteiger partial charge in [0.05, 0.1) is 0 Å². The van der Waals surface area contributed by atoms with Crippen molar-refractivity contribution in [2.45, 2.75) is 52.1 Å². The Morgan fingerprint density at radius 2 is 2.16 bits per heavy atom. The first-order valence-corrected chi connectivity index (χ1v) is 7.66. The van der Waals surface area contributed by atoms with Gasteiger partial charge in [-0.2, -0.15) is 0 Å². The van der Waals surface area contributed by atoms with Crippen LogP contribution in [0.5, 0.6) is 0 Å². The Kier molecular flexibility index (Phi) is 4.94. The highest BCUT2D eigenvalue weighted by Crippen LogP contribution is 2.29. The van der Waals surface area contributed by atoms with Gasteiger partial charge in [-0.3, -0.25) is 4.90 Å². The second-order valence-electron chi connectivity index (χ2n) is 5.56. The van der Waals surface area contributed by atoms with Gasteiger partial charge in [0.25, 0.3) is 0 Å². The molecule has 0 atom stereocenters. The minimum Gasteiger partial charge on any atom is -0.389 e. The molecule has 3 heteroatoms. The lowest BCUT2D eigenvalue weighted by molar-refractivity contribution is 0.250. The first kappa shape index (κ1) is 14.5. The number of nitrogens with zero attached hydrogens (tertiary/aromatic N) is 1. The van der Waals surface area contributed by atoms with Crippen LogP contribution in [0.15, 0.2) is 18.2 Å². The van der Waals surface area contributed by atoms with Gasteiger partial charge in [-0.15, -0.1) is 0 Å². The summed E-state index contributed by atoms with van der Waals surface area (Å²) in [6.07, 6.45) is 5.30. The summed E-state index contributed by atoms with van der Waals surface area (Å²) in [5.41, 5.74) is 9.36. The van der Waals surface area contributed by atoms with Crippen molar-refractivity contribution in [3.8, 4) is 0 Å². The van der Waals surface area contributed by atoms with Crippen molar-refractivity contribution in [2.75, 3.05) is 6.54 Å². The van der Waals surface area contributed by atoms with Crippen molar-refractivity contribution >= 4 is 17.2 Å². The Bertz CT molecular complexity index is 452. The summed E-state index contributed by atoms with van der Waals surface area (Å²) in [7, 11) is 0. The maximum absolute atomic E-state index is 5.68. The smallest absolute Gasteiger partial charge is 0.103 e. The van der Waals surface area contributed by atoms with E-state index < -0.39 is 0 Å². The molecule has 0 unspecified atom stereocenters. The normalized spacial score (nSPS) is 14.9. The Morgan fingerprint density at radius 3 is 2.68 bits per heavy atom. The molecular formula is C16H24N2S. The van der Waals surface area contributed by atoms with Crippen LogP contribution in [0.25, 0.3) is 0 Å². The molecule has 1 saturated carbocycles. The molecule has 19 heavy (non-hydrogen) atoms. The third-order valence-electron chi connectivity index (χ3n) is 3.86. The van der Waals surface area contributed by atoms with Crippen molar-refractivity contribution in [1.29, 1.82) is 0 Å². The Balaban J connectivity index is 2.06. The molecule has 0 heterocycles. The zero-order chi connectivity index (χ0) is 13.8. The van der Waals surface area contributed by atoms with Crippen LogP contribution in [0.2, 0.25) is 0 Å². The molecule has 1 aliphatic carbocycles. The molecule has 1 aliphatic rings. The minimum absolute atomic E-state index is 0.486. The highest BCUT2D eigenvalue weighted by Gasteiger charge is 2.28. The van der Waals surface area contributed by atoms with Crippen LogP contribution in [-0.2, 0) is 6.54 Å². The lowest BCUT2D eigenvalue weighted by atomic mass is 10.0. The van der Waals surface area contributed by atoms with E-state index in [0.717, 1.165) is 18.2 Å². The SMILES string of the molecule is CCCCN(Cc1ccc(C(N)=S)cc1C)C1CC1. The van der Waals surface area contributed by atoms with Crippen LogP contribution in [0, 0.1) is 6.92 Å². The number of unbranched alkanes of at least 4 members (excludes halogenated alkanes) is 1. The second kappa shape index (κ2) is 6.49. The molecule has 0 aromatic heterocycles. The van der Waals surface area contributed by atoms with E-state index in [4.69, 9.17) is 18.0 Å².